The van der Waals surface area contributed by atoms with E-state index in [9.17, 15) is 14.3 Å². The normalized spacial score (nSPS) is 16.8. The van der Waals surface area contributed by atoms with Crippen LogP contribution >= 0.6 is 0 Å². The highest BCUT2D eigenvalue weighted by Crippen LogP contribution is 2.45. The van der Waals surface area contributed by atoms with E-state index < -0.39 is 5.97 Å². The average molecular weight is 505 g/mol. The van der Waals surface area contributed by atoms with Gasteiger partial charge in [0.15, 0.2) is 0 Å². The van der Waals surface area contributed by atoms with Gasteiger partial charge in [-0.05, 0) is 87.1 Å². The Morgan fingerprint density at radius 1 is 1.11 bits per heavy atom. The van der Waals surface area contributed by atoms with E-state index in [4.69, 9.17) is 14.5 Å². The Morgan fingerprint density at radius 2 is 1.92 bits per heavy atom. The van der Waals surface area contributed by atoms with Crippen LogP contribution in [-0.2, 0) is 11.4 Å². The fraction of sp³-hybridized carbons (Fsp3) is 0.433. The molecule has 0 bridgehead atoms. The zero-order chi connectivity index (χ0) is 25.8. The Hall–Kier alpha value is -3.48. The van der Waals surface area contributed by atoms with E-state index >= 15 is 0 Å². The molecule has 2 fully saturated rings. The second-order valence-corrected chi connectivity index (χ2v) is 10.3. The van der Waals surface area contributed by atoms with Crippen molar-refractivity contribution in [3.63, 3.8) is 0 Å². The fourth-order valence-electron chi connectivity index (χ4n) is 5.14. The number of hydrogen-bond acceptors (Lipinski definition) is 5. The third-order valence-electron chi connectivity index (χ3n) is 7.26. The molecule has 6 nitrogen and oxygen atoms in total. The molecular weight excluding hydrogens is 471 g/mol. The molecule has 0 spiro atoms. The first-order valence-corrected chi connectivity index (χ1v) is 13.2. The summed E-state index contributed by atoms with van der Waals surface area (Å²) in [6, 6.07) is 12.6. The number of hydrogen-bond donors (Lipinski definition) is 1. The lowest BCUT2D eigenvalue weighted by Crippen LogP contribution is -2.21. The molecule has 1 heterocycles. The first-order chi connectivity index (χ1) is 18.0. The van der Waals surface area contributed by atoms with E-state index in [1.54, 1.807) is 18.3 Å². The molecule has 0 amide bonds. The van der Waals surface area contributed by atoms with Gasteiger partial charge in [-0.3, -0.25) is 4.79 Å². The van der Waals surface area contributed by atoms with E-state index in [2.05, 4.69) is 4.98 Å². The van der Waals surface area contributed by atoms with Crippen LogP contribution < -0.4 is 9.47 Å². The molecule has 0 radical (unpaired) electrons. The minimum Gasteiger partial charge on any atom is -0.487 e. The molecule has 3 aromatic rings. The minimum absolute atomic E-state index is 0.000142. The Labute approximate surface area is 216 Å². The summed E-state index contributed by atoms with van der Waals surface area (Å²) in [6.07, 6.45) is 9.20. The van der Waals surface area contributed by atoms with E-state index in [1.165, 1.54) is 12.5 Å². The summed E-state index contributed by atoms with van der Waals surface area (Å²) in [6.45, 7) is 2.08. The number of carboxylic acid groups (broad SMARTS) is 1. The number of carbonyl (C=O) groups is 1. The van der Waals surface area contributed by atoms with Crippen LogP contribution in [0.5, 0.6) is 11.6 Å². The number of aromatic nitrogens is 2. The van der Waals surface area contributed by atoms with Crippen LogP contribution in [0.25, 0.3) is 11.3 Å². The molecule has 0 saturated heterocycles. The van der Waals surface area contributed by atoms with E-state index in [1.807, 2.05) is 31.2 Å². The highest BCUT2D eigenvalue weighted by molar-refractivity contribution is 5.68. The fourth-order valence-corrected chi connectivity index (χ4v) is 5.14. The molecule has 2 aromatic carbocycles. The van der Waals surface area contributed by atoms with Crippen molar-refractivity contribution in [3.05, 3.63) is 71.3 Å². The van der Waals surface area contributed by atoms with Gasteiger partial charge in [0.25, 0.3) is 0 Å². The van der Waals surface area contributed by atoms with Gasteiger partial charge in [-0.1, -0.05) is 30.2 Å². The molecule has 2 aliphatic rings. The number of carboxylic acids is 1. The van der Waals surface area contributed by atoms with Crippen molar-refractivity contribution < 1.29 is 23.8 Å². The maximum absolute atomic E-state index is 14.7. The topological polar surface area (TPSA) is 81.5 Å². The second kappa shape index (κ2) is 11.3. The van der Waals surface area contributed by atoms with Gasteiger partial charge < -0.3 is 14.6 Å². The number of aryl methyl sites for hydroxylation is 1. The van der Waals surface area contributed by atoms with Crippen molar-refractivity contribution in [2.75, 3.05) is 0 Å². The third kappa shape index (κ3) is 6.45. The lowest BCUT2D eigenvalue weighted by Gasteiger charge is -2.23. The molecule has 5 rings (SSSR count). The molecule has 0 aliphatic heterocycles. The molecule has 194 valence electrons. The molecule has 7 heteroatoms. The van der Waals surface area contributed by atoms with Crippen LogP contribution in [0.3, 0.4) is 0 Å². The molecule has 2 saturated carbocycles. The maximum atomic E-state index is 14.7. The quantitative estimate of drug-likeness (QED) is 0.325. The van der Waals surface area contributed by atoms with Crippen molar-refractivity contribution in [2.45, 2.75) is 76.9 Å². The van der Waals surface area contributed by atoms with Gasteiger partial charge >= 0.3 is 5.97 Å². The predicted molar refractivity (Wildman–Crippen MR) is 138 cm³/mol. The zero-order valence-electron chi connectivity index (χ0n) is 21.2. The second-order valence-electron chi connectivity index (χ2n) is 10.3. The molecule has 1 N–H and O–H groups in total. The molecule has 0 unspecified atom stereocenters. The predicted octanol–water partition coefficient (Wildman–Crippen LogP) is 6.85. The van der Waals surface area contributed by atoms with Gasteiger partial charge in [-0.25, -0.2) is 14.4 Å². The summed E-state index contributed by atoms with van der Waals surface area (Å²) in [5.74, 6) is 0.265. The Bertz CT molecular complexity index is 1250. The highest BCUT2D eigenvalue weighted by atomic mass is 19.1. The molecule has 1 atom stereocenters. The van der Waals surface area contributed by atoms with Crippen LogP contribution in [0.1, 0.15) is 74.1 Å². The Kier molecular flexibility index (Phi) is 7.68. The van der Waals surface area contributed by atoms with Crippen molar-refractivity contribution in [2.24, 2.45) is 5.92 Å². The summed E-state index contributed by atoms with van der Waals surface area (Å²) in [5.41, 5.74) is 3.28. The summed E-state index contributed by atoms with van der Waals surface area (Å²) >= 11 is 0. The Balaban J connectivity index is 1.37. The highest BCUT2D eigenvalue weighted by Gasteiger charge is 2.33. The van der Waals surface area contributed by atoms with Crippen LogP contribution in [0.2, 0.25) is 0 Å². The van der Waals surface area contributed by atoms with E-state index in [0.717, 1.165) is 49.7 Å². The smallest absolute Gasteiger partial charge is 0.303 e. The number of benzene rings is 2. The summed E-state index contributed by atoms with van der Waals surface area (Å²) in [7, 11) is 0. The largest absolute Gasteiger partial charge is 0.487 e. The average Bonchev–Trinajstić information content (AvgIpc) is 3.74. The summed E-state index contributed by atoms with van der Waals surface area (Å²) in [4.78, 5) is 20.6. The SMILES string of the molecule is Cc1ccc(F)c(-c2ncc(COc3cccc([C@@H](CC(=O)O)C4CC4)c3)nc2OC2CCCCC2)c1. The molecule has 37 heavy (non-hydrogen) atoms. The number of aliphatic carboxylic acids is 1. The first kappa shape index (κ1) is 25.2. The Morgan fingerprint density at radius 3 is 2.68 bits per heavy atom. The van der Waals surface area contributed by atoms with Gasteiger partial charge in [-0.15, -0.1) is 0 Å². The zero-order valence-corrected chi connectivity index (χ0v) is 21.2. The maximum Gasteiger partial charge on any atom is 0.303 e. The van der Waals surface area contributed by atoms with Crippen LogP contribution in [0.15, 0.2) is 48.7 Å². The number of nitrogens with zero attached hydrogens (tertiary/aromatic N) is 2. The lowest BCUT2D eigenvalue weighted by atomic mass is 9.91. The first-order valence-electron chi connectivity index (χ1n) is 13.2. The number of rotatable bonds is 10. The van der Waals surface area contributed by atoms with Gasteiger partial charge in [-0.2, -0.15) is 0 Å². The van der Waals surface area contributed by atoms with Crippen LogP contribution in [0.4, 0.5) is 4.39 Å². The van der Waals surface area contributed by atoms with Crippen molar-refractivity contribution >= 4 is 5.97 Å². The number of halogens is 1. The van der Waals surface area contributed by atoms with Gasteiger partial charge in [0.2, 0.25) is 5.88 Å². The minimum atomic E-state index is -0.783. The standard InChI is InChI=1S/C30H33FN2O4/c1-19-10-13-27(31)26(14-19)29-30(37-23-7-3-2-4-8-23)33-22(17-32-29)18-36-24-9-5-6-21(15-24)25(16-28(34)35)20-11-12-20/h5-6,9-10,13-15,17,20,23,25H,2-4,7-8,11-12,16,18H2,1H3,(H,34,35)/t25-/m0/s1. The lowest BCUT2D eigenvalue weighted by molar-refractivity contribution is -0.137. The van der Waals surface area contributed by atoms with Gasteiger partial charge in [0.1, 0.15) is 35.7 Å². The van der Waals surface area contributed by atoms with Crippen molar-refractivity contribution in [1.82, 2.24) is 9.97 Å². The molecule has 1 aromatic heterocycles. The van der Waals surface area contributed by atoms with Gasteiger partial charge in [0, 0.05) is 5.56 Å². The van der Waals surface area contributed by atoms with E-state index in [-0.39, 0.29) is 30.9 Å². The van der Waals surface area contributed by atoms with Gasteiger partial charge in [0.05, 0.1) is 12.6 Å². The van der Waals surface area contributed by atoms with E-state index in [0.29, 0.717) is 34.5 Å². The third-order valence-corrected chi connectivity index (χ3v) is 7.26. The molecular formula is C30H33FN2O4. The number of ether oxygens (including phenoxy) is 2. The van der Waals surface area contributed by atoms with Crippen LogP contribution in [0, 0.1) is 18.7 Å². The summed E-state index contributed by atoms with van der Waals surface area (Å²) in [5, 5.41) is 9.34. The summed E-state index contributed by atoms with van der Waals surface area (Å²) < 4.78 is 27.1. The van der Waals surface area contributed by atoms with Crippen molar-refractivity contribution in [3.8, 4) is 22.9 Å². The molecule has 2 aliphatic carbocycles. The monoisotopic (exact) mass is 504 g/mol. The van der Waals surface area contributed by atoms with Crippen molar-refractivity contribution in [1.29, 1.82) is 0 Å². The van der Waals surface area contributed by atoms with Crippen LogP contribution in [-0.4, -0.2) is 27.1 Å².